The lowest BCUT2D eigenvalue weighted by Gasteiger charge is -2.19. The van der Waals surface area contributed by atoms with Crippen molar-refractivity contribution in [3.63, 3.8) is 0 Å². The van der Waals surface area contributed by atoms with Gasteiger partial charge in [0.2, 0.25) is 0 Å². The predicted octanol–water partition coefficient (Wildman–Crippen LogP) is 0.755. The molecule has 2 atom stereocenters. The molecule has 0 aliphatic carbocycles. The Kier molecular flexibility index (Phi) is 5.08. The molecule has 1 N–H and O–H groups in total. The molecule has 0 saturated heterocycles. The van der Waals surface area contributed by atoms with Crippen LogP contribution in [-0.4, -0.2) is 25.1 Å². The van der Waals surface area contributed by atoms with Gasteiger partial charge in [-0.3, -0.25) is 9.00 Å². The summed E-state index contributed by atoms with van der Waals surface area (Å²) in [5.41, 5.74) is 0. The van der Waals surface area contributed by atoms with Crippen molar-refractivity contribution in [1.29, 1.82) is 0 Å². The van der Waals surface area contributed by atoms with Crippen molar-refractivity contribution in [2.45, 2.75) is 31.9 Å². The van der Waals surface area contributed by atoms with Crippen LogP contribution < -0.4 is 0 Å². The molecular weight excluding hydrogens is 180 g/mol. The summed E-state index contributed by atoms with van der Waals surface area (Å²) in [5.74, 6) is -0.864. The molecule has 0 heterocycles. The van der Waals surface area contributed by atoms with Crippen LogP contribution in [0.15, 0.2) is 0 Å². The van der Waals surface area contributed by atoms with Gasteiger partial charge in [-0.25, -0.2) is 0 Å². The van der Waals surface area contributed by atoms with Crippen LogP contribution in [0.1, 0.15) is 26.7 Å². The lowest BCUT2D eigenvalue weighted by molar-refractivity contribution is -0.137. The normalized spacial score (nSPS) is 16.0. The minimum atomic E-state index is -2.28. The highest BCUT2D eigenvalue weighted by Crippen LogP contribution is 2.12. The molecule has 0 fully saturated rings. The molecule has 72 valence electrons. The van der Waals surface area contributed by atoms with Gasteiger partial charge in [-0.15, -0.1) is 0 Å². The van der Waals surface area contributed by atoms with E-state index < -0.39 is 22.3 Å². The van der Waals surface area contributed by atoms with E-state index >= 15 is 0 Å². The molecular formula is C7H13O4S-. The summed E-state index contributed by atoms with van der Waals surface area (Å²) >= 11 is -2.28. The van der Waals surface area contributed by atoms with Crippen LogP contribution in [0, 0.1) is 5.92 Å². The molecule has 2 unspecified atom stereocenters. The van der Waals surface area contributed by atoms with Crippen molar-refractivity contribution in [2.24, 2.45) is 5.92 Å². The zero-order valence-corrected chi connectivity index (χ0v) is 7.97. The SMILES string of the molecule is CC(C)CC(CC(=O)O)S(=O)[O-]. The lowest BCUT2D eigenvalue weighted by Crippen LogP contribution is -2.21. The summed E-state index contributed by atoms with van der Waals surface area (Å²) in [7, 11) is 0. The van der Waals surface area contributed by atoms with Gasteiger partial charge in [0.25, 0.3) is 0 Å². The first kappa shape index (κ1) is 11.6. The maximum Gasteiger partial charge on any atom is 0.304 e. The van der Waals surface area contributed by atoms with E-state index in [1.54, 1.807) is 0 Å². The van der Waals surface area contributed by atoms with Crippen molar-refractivity contribution < 1.29 is 18.7 Å². The molecule has 0 radical (unpaired) electrons. The summed E-state index contributed by atoms with van der Waals surface area (Å²) in [6.07, 6.45) is 0.108. The zero-order chi connectivity index (χ0) is 9.72. The molecule has 0 aromatic heterocycles. The third-order valence-corrected chi connectivity index (χ3v) is 2.31. The van der Waals surface area contributed by atoms with E-state index in [9.17, 15) is 13.6 Å². The largest absolute Gasteiger partial charge is 0.772 e. The van der Waals surface area contributed by atoms with Crippen molar-refractivity contribution in [2.75, 3.05) is 0 Å². The third kappa shape index (κ3) is 5.26. The van der Waals surface area contributed by atoms with Crippen LogP contribution in [0.5, 0.6) is 0 Å². The topological polar surface area (TPSA) is 77.4 Å². The molecule has 4 nitrogen and oxygen atoms in total. The van der Waals surface area contributed by atoms with E-state index in [-0.39, 0.29) is 12.3 Å². The van der Waals surface area contributed by atoms with Gasteiger partial charge in [0.15, 0.2) is 0 Å². The van der Waals surface area contributed by atoms with Crippen molar-refractivity contribution in [3.05, 3.63) is 0 Å². The van der Waals surface area contributed by atoms with Crippen LogP contribution in [0.4, 0.5) is 0 Å². The maximum atomic E-state index is 10.5. The zero-order valence-electron chi connectivity index (χ0n) is 7.15. The molecule has 0 aliphatic heterocycles. The molecule has 0 aromatic rings. The monoisotopic (exact) mass is 193 g/mol. The molecule has 0 saturated carbocycles. The smallest absolute Gasteiger partial charge is 0.304 e. The van der Waals surface area contributed by atoms with Crippen molar-refractivity contribution in [3.8, 4) is 0 Å². The van der Waals surface area contributed by atoms with E-state index in [1.165, 1.54) is 0 Å². The van der Waals surface area contributed by atoms with Gasteiger partial charge in [-0.2, -0.15) is 0 Å². The number of hydrogen-bond donors (Lipinski definition) is 1. The average molecular weight is 193 g/mol. The quantitative estimate of drug-likeness (QED) is 0.654. The minimum absolute atomic E-state index is 0.201. The molecule has 0 aliphatic rings. The van der Waals surface area contributed by atoms with Gasteiger partial charge in [0, 0.05) is 5.25 Å². The Labute approximate surface area is 74.3 Å². The minimum Gasteiger partial charge on any atom is -0.772 e. The van der Waals surface area contributed by atoms with Gasteiger partial charge >= 0.3 is 5.97 Å². The van der Waals surface area contributed by atoms with Crippen LogP contribution in [0.2, 0.25) is 0 Å². The lowest BCUT2D eigenvalue weighted by atomic mass is 10.1. The summed E-state index contributed by atoms with van der Waals surface area (Å²) in [5, 5.41) is 7.62. The van der Waals surface area contributed by atoms with E-state index in [2.05, 4.69) is 0 Å². The number of carbonyl (C=O) groups is 1. The second-order valence-electron chi connectivity index (χ2n) is 3.11. The van der Waals surface area contributed by atoms with E-state index in [0.717, 1.165) is 0 Å². The highest BCUT2D eigenvalue weighted by Gasteiger charge is 2.15. The number of carboxylic acid groups (broad SMARTS) is 1. The first-order valence-electron chi connectivity index (χ1n) is 3.73. The average Bonchev–Trinajstić information content (AvgIpc) is 1.83. The predicted molar refractivity (Wildman–Crippen MR) is 44.4 cm³/mol. The fourth-order valence-corrected chi connectivity index (χ4v) is 1.77. The Balaban J connectivity index is 4.04. The van der Waals surface area contributed by atoms with Gasteiger partial charge in [0.05, 0.1) is 6.42 Å². The number of hydrogen-bond acceptors (Lipinski definition) is 3. The molecule has 0 bridgehead atoms. The van der Waals surface area contributed by atoms with Gasteiger partial charge < -0.3 is 9.66 Å². The number of carboxylic acids is 1. The number of aliphatic carboxylic acids is 1. The first-order chi connectivity index (χ1) is 5.43. The van der Waals surface area contributed by atoms with Gasteiger partial charge in [0.1, 0.15) is 0 Å². The van der Waals surface area contributed by atoms with Crippen LogP contribution in [0.25, 0.3) is 0 Å². The summed E-state index contributed by atoms with van der Waals surface area (Å²) < 4.78 is 21.0. The second kappa shape index (κ2) is 5.27. The summed E-state index contributed by atoms with van der Waals surface area (Å²) in [6.45, 7) is 3.73. The maximum absolute atomic E-state index is 10.5. The molecule has 0 aromatic carbocycles. The molecule has 0 rings (SSSR count). The van der Waals surface area contributed by atoms with Crippen LogP contribution >= 0.6 is 0 Å². The summed E-state index contributed by atoms with van der Waals surface area (Å²) in [6, 6.07) is 0. The highest BCUT2D eigenvalue weighted by molar-refractivity contribution is 7.79. The van der Waals surface area contributed by atoms with E-state index in [4.69, 9.17) is 5.11 Å². The van der Waals surface area contributed by atoms with Gasteiger partial charge in [-0.05, 0) is 12.3 Å². The standard InChI is InChI=1S/C7H14O4S/c1-5(2)3-6(12(10)11)4-7(8)9/h5-6H,3-4H2,1-2H3,(H,8,9)(H,10,11)/p-1. The Bertz CT molecular complexity index is 178. The Morgan fingerprint density at radius 1 is 1.58 bits per heavy atom. The fraction of sp³-hybridized carbons (Fsp3) is 0.857. The van der Waals surface area contributed by atoms with Gasteiger partial charge in [-0.1, -0.05) is 24.9 Å². The van der Waals surface area contributed by atoms with E-state index in [0.29, 0.717) is 6.42 Å². The molecule has 0 spiro atoms. The third-order valence-electron chi connectivity index (χ3n) is 1.41. The van der Waals surface area contributed by atoms with Crippen molar-refractivity contribution >= 4 is 17.0 Å². The molecule has 12 heavy (non-hydrogen) atoms. The fourth-order valence-electron chi connectivity index (χ4n) is 0.950. The molecule has 0 amide bonds. The van der Waals surface area contributed by atoms with E-state index in [1.807, 2.05) is 13.8 Å². The second-order valence-corrected chi connectivity index (χ2v) is 4.30. The molecule has 5 heteroatoms. The Hall–Kier alpha value is -0.420. The van der Waals surface area contributed by atoms with Crippen LogP contribution in [-0.2, 0) is 15.9 Å². The Morgan fingerprint density at radius 2 is 2.08 bits per heavy atom. The van der Waals surface area contributed by atoms with Crippen molar-refractivity contribution in [1.82, 2.24) is 0 Å². The first-order valence-corrected chi connectivity index (χ1v) is 4.87. The Morgan fingerprint density at radius 3 is 2.33 bits per heavy atom. The number of rotatable bonds is 5. The van der Waals surface area contributed by atoms with Crippen LogP contribution in [0.3, 0.4) is 0 Å². The summed E-state index contributed by atoms with van der Waals surface area (Å²) in [4.78, 5) is 10.2. The highest BCUT2D eigenvalue weighted by atomic mass is 32.2.